The third kappa shape index (κ3) is 3.93. The zero-order valence-corrected chi connectivity index (χ0v) is 16.1. The van der Waals surface area contributed by atoms with E-state index < -0.39 is 21.9 Å². The van der Waals surface area contributed by atoms with Gasteiger partial charge in [0.2, 0.25) is 10.0 Å². The van der Waals surface area contributed by atoms with Crippen molar-refractivity contribution in [3.8, 4) is 5.75 Å². The van der Waals surface area contributed by atoms with Gasteiger partial charge in [-0.3, -0.25) is 9.59 Å². The number of benzene rings is 1. The summed E-state index contributed by atoms with van der Waals surface area (Å²) in [5, 5.41) is 9.21. The predicted molar refractivity (Wildman–Crippen MR) is 97.3 cm³/mol. The van der Waals surface area contributed by atoms with Gasteiger partial charge in [-0.05, 0) is 43.9 Å². The van der Waals surface area contributed by atoms with Crippen LogP contribution in [0.15, 0.2) is 23.1 Å². The molecule has 1 N–H and O–H groups in total. The van der Waals surface area contributed by atoms with E-state index in [1.165, 1.54) is 34.5 Å². The van der Waals surface area contributed by atoms with Gasteiger partial charge >= 0.3 is 5.97 Å². The fourth-order valence-corrected chi connectivity index (χ4v) is 5.32. The van der Waals surface area contributed by atoms with Crippen molar-refractivity contribution in [2.45, 2.75) is 30.6 Å². The summed E-state index contributed by atoms with van der Waals surface area (Å²) in [7, 11) is -2.36. The third-order valence-corrected chi connectivity index (χ3v) is 7.07. The van der Waals surface area contributed by atoms with Crippen LogP contribution in [0.2, 0.25) is 0 Å². The van der Waals surface area contributed by atoms with Crippen molar-refractivity contribution in [2.24, 2.45) is 5.92 Å². The molecule has 0 aliphatic carbocycles. The van der Waals surface area contributed by atoms with Crippen LogP contribution in [0.25, 0.3) is 0 Å². The molecule has 2 saturated heterocycles. The zero-order chi connectivity index (χ0) is 19.6. The van der Waals surface area contributed by atoms with Crippen molar-refractivity contribution >= 4 is 21.9 Å². The number of nitrogens with zero attached hydrogens (tertiary/aromatic N) is 2. The van der Waals surface area contributed by atoms with Gasteiger partial charge in [-0.15, -0.1) is 0 Å². The van der Waals surface area contributed by atoms with Crippen LogP contribution in [-0.2, 0) is 14.8 Å². The van der Waals surface area contributed by atoms with Gasteiger partial charge < -0.3 is 14.7 Å². The van der Waals surface area contributed by atoms with Crippen molar-refractivity contribution in [3.05, 3.63) is 23.8 Å². The molecular weight excluding hydrogens is 372 g/mol. The van der Waals surface area contributed by atoms with E-state index in [1.807, 2.05) is 0 Å². The SMILES string of the molecule is COc1ccc(C(=O)N2CCC[C@H](C(=O)O)C2)cc1S(=O)(=O)N1CCCC1. The molecule has 1 amide bonds. The van der Waals surface area contributed by atoms with E-state index in [0.717, 1.165) is 12.8 Å². The lowest BCUT2D eigenvalue weighted by atomic mass is 9.97. The summed E-state index contributed by atoms with van der Waals surface area (Å²) in [5.41, 5.74) is 0.222. The highest BCUT2D eigenvalue weighted by Crippen LogP contribution is 2.30. The topological polar surface area (TPSA) is 104 Å². The number of sulfonamides is 1. The zero-order valence-electron chi connectivity index (χ0n) is 15.3. The molecule has 9 heteroatoms. The molecule has 2 aliphatic heterocycles. The lowest BCUT2D eigenvalue weighted by molar-refractivity contribution is -0.143. The van der Waals surface area contributed by atoms with E-state index in [1.54, 1.807) is 0 Å². The minimum Gasteiger partial charge on any atom is -0.495 e. The Morgan fingerprint density at radius 2 is 1.85 bits per heavy atom. The van der Waals surface area contributed by atoms with E-state index in [9.17, 15) is 23.1 Å². The van der Waals surface area contributed by atoms with Crippen LogP contribution in [0.3, 0.4) is 0 Å². The van der Waals surface area contributed by atoms with Crippen LogP contribution >= 0.6 is 0 Å². The first-order valence-electron chi connectivity index (χ1n) is 9.05. The van der Waals surface area contributed by atoms with Gasteiger partial charge in [0, 0.05) is 31.7 Å². The molecule has 0 radical (unpaired) electrons. The maximum Gasteiger partial charge on any atom is 0.308 e. The average molecular weight is 396 g/mol. The number of hydrogen-bond acceptors (Lipinski definition) is 5. The van der Waals surface area contributed by atoms with Gasteiger partial charge in [-0.2, -0.15) is 4.31 Å². The number of likely N-dealkylation sites (tertiary alicyclic amines) is 1. The maximum atomic E-state index is 12.9. The summed E-state index contributed by atoms with van der Waals surface area (Å²) >= 11 is 0. The number of ether oxygens (including phenoxy) is 1. The van der Waals surface area contributed by atoms with Crippen LogP contribution in [0.4, 0.5) is 0 Å². The molecule has 0 unspecified atom stereocenters. The minimum atomic E-state index is -3.75. The van der Waals surface area contributed by atoms with Crippen LogP contribution in [0.5, 0.6) is 5.75 Å². The number of amides is 1. The predicted octanol–water partition coefficient (Wildman–Crippen LogP) is 1.42. The molecule has 2 aliphatic rings. The summed E-state index contributed by atoms with van der Waals surface area (Å²) in [4.78, 5) is 25.5. The van der Waals surface area contributed by atoms with Gasteiger partial charge in [0.05, 0.1) is 13.0 Å². The van der Waals surface area contributed by atoms with Crippen molar-refractivity contribution in [2.75, 3.05) is 33.3 Å². The number of carboxylic acid groups (broad SMARTS) is 1. The molecule has 0 aromatic heterocycles. The van der Waals surface area contributed by atoms with Crippen LogP contribution in [0.1, 0.15) is 36.0 Å². The van der Waals surface area contributed by atoms with Gasteiger partial charge in [0.25, 0.3) is 5.91 Å². The van der Waals surface area contributed by atoms with E-state index in [0.29, 0.717) is 32.5 Å². The molecule has 27 heavy (non-hydrogen) atoms. The molecule has 8 nitrogen and oxygen atoms in total. The number of carbonyl (C=O) groups excluding carboxylic acids is 1. The number of methoxy groups -OCH3 is 1. The van der Waals surface area contributed by atoms with Gasteiger partial charge in [0.15, 0.2) is 0 Å². The third-order valence-electron chi connectivity index (χ3n) is 5.15. The molecular formula is C18H24N2O6S. The fraction of sp³-hybridized carbons (Fsp3) is 0.556. The van der Waals surface area contributed by atoms with Crippen LogP contribution < -0.4 is 4.74 Å². The van der Waals surface area contributed by atoms with Crippen molar-refractivity contribution in [1.29, 1.82) is 0 Å². The Morgan fingerprint density at radius 1 is 1.15 bits per heavy atom. The number of rotatable bonds is 5. The largest absolute Gasteiger partial charge is 0.495 e. The smallest absolute Gasteiger partial charge is 0.308 e. The van der Waals surface area contributed by atoms with Crippen LogP contribution in [-0.4, -0.2) is 67.9 Å². The highest BCUT2D eigenvalue weighted by Gasteiger charge is 2.32. The second-order valence-electron chi connectivity index (χ2n) is 6.91. The Bertz CT molecular complexity index is 832. The van der Waals surface area contributed by atoms with Crippen molar-refractivity contribution in [3.63, 3.8) is 0 Å². The second kappa shape index (κ2) is 7.85. The molecule has 1 atom stereocenters. The minimum absolute atomic E-state index is 0.0236. The Labute approximate surface area is 158 Å². The van der Waals surface area contributed by atoms with Crippen molar-refractivity contribution < 1.29 is 27.9 Å². The number of carboxylic acids is 1. The lowest BCUT2D eigenvalue weighted by Gasteiger charge is -2.31. The Morgan fingerprint density at radius 3 is 2.48 bits per heavy atom. The van der Waals surface area contributed by atoms with E-state index in [-0.39, 0.29) is 28.7 Å². The highest BCUT2D eigenvalue weighted by atomic mass is 32.2. The molecule has 1 aromatic rings. The van der Waals surface area contributed by atoms with Gasteiger partial charge in [-0.1, -0.05) is 0 Å². The monoisotopic (exact) mass is 396 g/mol. The second-order valence-corrected chi connectivity index (χ2v) is 8.81. The van der Waals surface area contributed by atoms with Crippen molar-refractivity contribution in [1.82, 2.24) is 9.21 Å². The molecule has 1 aromatic carbocycles. The number of piperidine rings is 1. The number of aliphatic carboxylic acids is 1. The van der Waals surface area contributed by atoms with E-state index >= 15 is 0 Å². The molecule has 0 saturated carbocycles. The molecule has 148 valence electrons. The van der Waals surface area contributed by atoms with E-state index in [2.05, 4.69) is 0 Å². The molecule has 2 heterocycles. The maximum absolute atomic E-state index is 12.9. The summed E-state index contributed by atoms with van der Waals surface area (Å²) in [6, 6.07) is 4.35. The first kappa shape index (κ1) is 19.6. The Kier molecular flexibility index (Phi) is 5.71. The molecule has 3 rings (SSSR count). The first-order chi connectivity index (χ1) is 12.8. The summed E-state index contributed by atoms with van der Waals surface area (Å²) in [6.45, 7) is 1.50. The number of carbonyl (C=O) groups is 2. The molecule has 2 fully saturated rings. The summed E-state index contributed by atoms with van der Waals surface area (Å²) < 4.78 is 32.5. The Hall–Kier alpha value is -2.13. The quantitative estimate of drug-likeness (QED) is 0.807. The lowest BCUT2D eigenvalue weighted by Crippen LogP contribution is -2.42. The number of hydrogen-bond donors (Lipinski definition) is 1. The first-order valence-corrected chi connectivity index (χ1v) is 10.5. The van der Waals surface area contributed by atoms with Gasteiger partial charge in [0.1, 0.15) is 10.6 Å². The molecule has 0 bridgehead atoms. The highest BCUT2D eigenvalue weighted by molar-refractivity contribution is 7.89. The Balaban J connectivity index is 1.90. The standard InChI is InChI=1S/C18H24N2O6S/c1-26-15-7-6-13(11-16(15)27(24,25)20-9-2-3-10-20)17(21)19-8-4-5-14(12-19)18(22)23/h6-7,11,14H,2-5,8-10,12H2,1H3,(H,22,23)/t14-/m0/s1. The summed E-state index contributed by atoms with van der Waals surface area (Å²) in [6.07, 6.45) is 2.77. The average Bonchev–Trinajstić information content (AvgIpc) is 3.22. The van der Waals surface area contributed by atoms with Crippen LogP contribution in [0, 0.1) is 5.92 Å². The van der Waals surface area contributed by atoms with E-state index in [4.69, 9.17) is 4.74 Å². The molecule has 0 spiro atoms. The summed E-state index contributed by atoms with van der Waals surface area (Å²) in [5.74, 6) is -1.67. The fourth-order valence-electron chi connectivity index (χ4n) is 3.62. The van der Waals surface area contributed by atoms with Gasteiger partial charge in [-0.25, -0.2) is 8.42 Å². The normalized spacial score (nSPS) is 21.2.